The van der Waals surface area contributed by atoms with Gasteiger partial charge in [-0.2, -0.15) is 0 Å². The van der Waals surface area contributed by atoms with Crippen molar-refractivity contribution < 1.29 is 16.4 Å². The zero-order chi connectivity index (χ0) is 55.7. The number of aryl methyl sites for hydroxylation is 2. The molecule has 0 N–H and O–H groups in total. The minimum atomic E-state index is -6.02. The van der Waals surface area contributed by atoms with E-state index >= 15 is 0 Å². The zero-order valence-corrected chi connectivity index (χ0v) is 55.8. The maximum atomic E-state index is 9.87. The summed E-state index contributed by atoms with van der Waals surface area (Å²) in [7, 11) is 18.8. The third-order valence-electron chi connectivity index (χ3n) is 17.7. The molecule has 0 nitrogen and oxygen atoms in total. The second kappa shape index (κ2) is 19.3. The molecule has 0 aromatic heterocycles. The summed E-state index contributed by atoms with van der Waals surface area (Å²) in [6.45, 7) is 47.6. The van der Waals surface area contributed by atoms with Gasteiger partial charge in [0.1, 0.15) is 0 Å². The first-order chi connectivity index (χ1) is 35.1. The van der Waals surface area contributed by atoms with Crippen LogP contribution in [0.15, 0.2) is 114 Å². The molecule has 2 atom stereocenters. The van der Waals surface area contributed by atoms with Crippen molar-refractivity contribution in [3.8, 4) is 33.4 Å². The molecule has 2 aliphatic carbocycles. The monoisotopic (exact) mass is 1140 g/mol. The van der Waals surface area contributed by atoms with Gasteiger partial charge in [-0.1, -0.05) is 0 Å². The van der Waals surface area contributed by atoms with Crippen molar-refractivity contribution in [2.75, 3.05) is 0 Å². The van der Waals surface area contributed by atoms with Gasteiger partial charge in [0.05, 0.1) is 0 Å². The predicted molar refractivity (Wildman–Crippen MR) is 338 cm³/mol. The normalized spacial score (nSPS) is 17.7. The molecule has 0 saturated carbocycles. The molecule has 1 aliphatic heterocycles. The van der Waals surface area contributed by atoms with Gasteiger partial charge in [0.15, 0.2) is 0 Å². The number of allylic oxidation sites excluding steroid dienone is 2. The van der Waals surface area contributed by atoms with Crippen molar-refractivity contribution in [2.24, 2.45) is 10.8 Å². The fourth-order valence-electron chi connectivity index (χ4n) is 13.4. The van der Waals surface area contributed by atoms with Gasteiger partial charge in [0, 0.05) is 0 Å². The van der Waals surface area contributed by atoms with Crippen LogP contribution in [-0.2, 0) is 50.9 Å². The Morgan fingerprint density at radius 3 is 1.18 bits per heavy atom. The summed E-state index contributed by atoms with van der Waals surface area (Å²) in [5, 5.41) is 2.96. The summed E-state index contributed by atoms with van der Waals surface area (Å²) in [6, 6.07) is 41.3. The average Bonchev–Trinajstić information content (AvgIpc) is 4.06. The van der Waals surface area contributed by atoms with Crippen molar-refractivity contribution in [1.82, 2.24) is 0 Å². The topological polar surface area (TPSA) is 0 Å². The van der Waals surface area contributed by atoms with Crippen molar-refractivity contribution >= 4 is 52.3 Å². The van der Waals surface area contributed by atoms with Gasteiger partial charge in [-0.3, -0.25) is 0 Å². The van der Waals surface area contributed by atoms with Crippen LogP contribution in [0.25, 0.3) is 45.5 Å². The SMILES string of the molecule is CCCc1ccc2c(c1-c1cc(C(C)(C)C)cc(C(C)(C)C)c1)C=C(C(C)(C)C)[CH]2[Zr]([Cl])([Cl])([c]1cccc2c1[SiH2]c1ccccc1-2)[CH]1C(C(C)(C)C)=Cc2c1ccc(CCC)c2-c1cc(C(C)(C)C)cc(C(C)(C)C)c1. The van der Waals surface area contributed by atoms with Crippen LogP contribution < -0.4 is 13.6 Å². The Kier molecular flexibility index (Phi) is 14.6. The molecule has 76 heavy (non-hydrogen) atoms. The molecular formula is C72H91Cl2SiZr. The molecule has 0 saturated heterocycles. The van der Waals surface area contributed by atoms with E-state index in [-0.39, 0.29) is 39.7 Å². The molecule has 3 aliphatic rings. The first-order valence-electron chi connectivity index (χ1n) is 28.9. The maximum absolute atomic E-state index is 9.87. The quantitative estimate of drug-likeness (QED) is 0.126. The molecule has 0 amide bonds. The van der Waals surface area contributed by atoms with Crippen LogP contribution in [0.1, 0.15) is 214 Å². The Bertz CT molecular complexity index is 3110. The third-order valence-corrected chi connectivity index (χ3v) is 40.2. The van der Waals surface area contributed by atoms with Gasteiger partial charge >= 0.3 is 476 Å². The summed E-state index contributed by atoms with van der Waals surface area (Å²) in [6.07, 6.45) is 9.36. The van der Waals surface area contributed by atoms with E-state index in [9.17, 15) is 17.0 Å². The van der Waals surface area contributed by atoms with Crippen molar-refractivity contribution in [3.05, 3.63) is 170 Å². The number of benzene rings is 6. The molecule has 6 aromatic rings. The minimum absolute atomic E-state index is 0.0331. The van der Waals surface area contributed by atoms with Crippen LogP contribution in [0.5, 0.6) is 0 Å². The first-order valence-corrected chi connectivity index (χ1v) is 40.8. The van der Waals surface area contributed by atoms with Crippen molar-refractivity contribution in [3.63, 3.8) is 0 Å². The van der Waals surface area contributed by atoms with Gasteiger partial charge in [0.25, 0.3) is 0 Å². The molecule has 0 radical (unpaired) electrons. The van der Waals surface area contributed by atoms with E-state index in [2.05, 4.69) is 254 Å². The van der Waals surface area contributed by atoms with E-state index in [1.54, 1.807) is 0 Å². The Hall–Kier alpha value is -3.52. The fraction of sp³-hybridized carbons (Fsp3) is 0.444. The van der Waals surface area contributed by atoms with E-state index < -0.39 is 25.9 Å². The Morgan fingerprint density at radius 1 is 0.434 bits per heavy atom. The van der Waals surface area contributed by atoms with Gasteiger partial charge in [0.2, 0.25) is 0 Å². The summed E-state index contributed by atoms with van der Waals surface area (Å²) in [4.78, 5) is 0. The molecule has 2 unspecified atom stereocenters. The van der Waals surface area contributed by atoms with Gasteiger partial charge in [-0.25, -0.2) is 0 Å². The number of hydrogen-bond acceptors (Lipinski definition) is 0. The van der Waals surface area contributed by atoms with Crippen LogP contribution >= 0.6 is 17.0 Å². The first kappa shape index (κ1) is 57.2. The van der Waals surface area contributed by atoms with E-state index in [4.69, 9.17) is 0 Å². The zero-order valence-electron chi connectivity index (χ0n) is 50.4. The standard InChI is InChI=1S/2C30H41.C12H9Si.2ClH.Zr/c2*1-11-12-20-13-14-21-15-25(30(8,9)10)19-26(21)27(20)22-16-23(28(2,3)4)18-24(17-22)29(5,6)7;1-3-7-11-9(5-1)10-6-2-4-8-12(10)13-11;;;/h2*13-19H,11-12H2,1-10H3;1-7H,13H2;2*1H;/q;;;;;+2/p-2. The number of rotatable bonds is 9. The second-order valence-corrected chi connectivity index (χ2v) is 52.1. The van der Waals surface area contributed by atoms with E-state index in [1.807, 2.05) is 0 Å². The van der Waals surface area contributed by atoms with Crippen LogP contribution in [0.4, 0.5) is 0 Å². The molecule has 0 spiro atoms. The van der Waals surface area contributed by atoms with E-state index in [0.717, 1.165) is 25.7 Å². The van der Waals surface area contributed by atoms with E-state index in [0.29, 0.717) is 0 Å². The summed E-state index contributed by atoms with van der Waals surface area (Å²) < 4.78 is 0.881. The third kappa shape index (κ3) is 9.89. The number of fused-ring (bicyclic) bond motifs is 5. The second-order valence-electron chi connectivity index (χ2n) is 29.7. The molecule has 4 heteroatoms. The molecule has 0 fully saturated rings. The van der Waals surface area contributed by atoms with Crippen molar-refractivity contribution in [1.29, 1.82) is 0 Å². The number of hydrogen-bond donors (Lipinski definition) is 0. The Balaban J connectivity index is 1.45. The summed E-state index contributed by atoms with van der Waals surface area (Å²) >= 11 is -6.02. The molecule has 1 heterocycles. The number of halogens is 2. The van der Waals surface area contributed by atoms with Gasteiger partial charge in [-0.05, 0) is 0 Å². The van der Waals surface area contributed by atoms with Crippen LogP contribution in [0, 0.1) is 10.8 Å². The Labute approximate surface area is 472 Å². The molecule has 6 aromatic carbocycles. The van der Waals surface area contributed by atoms with Crippen LogP contribution in [0.3, 0.4) is 0 Å². The average molecular weight is 1150 g/mol. The van der Waals surface area contributed by atoms with Gasteiger partial charge < -0.3 is 0 Å². The predicted octanol–water partition coefficient (Wildman–Crippen LogP) is 19.2. The fourth-order valence-corrected chi connectivity index (χ4v) is 41.8. The summed E-state index contributed by atoms with van der Waals surface area (Å²) in [5.41, 5.74) is 23.8. The molecule has 9 rings (SSSR count). The molecular weight excluding hydrogens is 1060 g/mol. The Morgan fingerprint density at radius 2 is 0.816 bits per heavy atom. The molecule has 401 valence electrons. The van der Waals surface area contributed by atoms with Crippen LogP contribution in [-0.4, -0.2) is 9.52 Å². The van der Waals surface area contributed by atoms with E-state index in [1.165, 1.54) is 114 Å². The van der Waals surface area contributed by atoms with Crippen molar-refractivity contribution in [2.45, 2.75) is 193 Å². The summed E-state index contributed by atoms with van der Waals surface area (Å²) in [5.74, 6) is 0. The molecule has 0 bridgehead atoms. The van der Waals surface area contributed by atoms with Gasteiger partial charge in [-0.15, -0.1) is 0 Å². The van der Waals surface area contributed by atoms with Crippen LogP contribution in [0.2, 0.25) is 0 Å².